The van der Waals surface area contributed by atoms with Gasteiger partial charge >= 0.3 is 0 Å². The van der Waals surface area contributed by atoms with Gasteiger partial charge < -0.3 is 11.5 Å². The number of Topliss-reactive ketones (excluding diaryl/α,β-unsaturated/α-hetero) is 1. The first kappa shape index (κ1) is 7.81. The minimum atomic E-state index is -0.594. The van der Waals surface area contributed by atoms with E-state index in [9.17, 15) is 9.59 Å². The van der Waals surface area contributed by atoms with Crippen molar-refractivity contribution in [3.05, 3.63) is 22.5 Å². The van der Waals surface area contributed by atoms with Gasteiger partial charge in [0.25, 0.3) is 0 Å². The maximum Gasteiger partial charge on any atom is 0.222 e. The maximum absolute atomic E-state index is 10.9. The van der Waals surface area contributed by atoms with Gasteiger partial charge in [0.1, 0.15) is 10.7 Å². The molecule has 0 saturated heterocycles. The normalized spacial score (nSPS) is 18.8. The summed E-state index contributed by atoms with van der Waals surface area (Å²) in [5.74, 6) is -1.11. The lowest BCUT2D eigenvalue weighted by atomic mass is 10.1. The Kier molecular flexibility index (Phi) is 1.70. The molecule has 0 aromatic heterocycles. The predicted octanol–water partition coefficient (Wildman–Crippen LogP) is -0.610. The SMILES string of the molecule is NC1=CC(=O)C(N)=C(Cl)C1=O. The highest BCUT2D eigenvalue weighted by Crippen LogP contribution is 2.15. The fourth-order valence-corrected chi connectivity index (χ4v) is 0.844. The van der Waals surface area contributed by atoms with Gasteiger partial charge in [-0.2, -0.15) is 0 Å². The van der Waals surface area contributed by atoms with Crippen molar-refractivity contribution in [2.75, 3.05) is 0 Å². The monoisotopic (exact) mass is 172 g/mol. The second-order valence-electron chi connectivity index (χ2n) is 2.02. The van der Waals surface area contributed by atoms with Gasteiger partial charge in [0.15, 0.2) is 0 Å². The molecule has 11 heavy (non-hydrogen) atoms. The molecule has 0 aliphatic heterocycles. The molecule has 1 aliphatic carbocycles. The first-order valence-corrected chi connectivity index (χ1v) is 3.13. The Hall–Kier alpha value is -1.29. The van der Waals surface area contributed by atoms with Crippen LogP contribution in [0.15, 0.2) is 22.5 Å². The Morgan fingerprint density at radius 1 is 1.27 bits per heavy atom. The van der Waals surface area contributed by atoms with Gasteiger partial charge in [0.2, 0.25) is 11.6 Å². The van der Waals surface area contributed by atoms with Crippen molar-refractivity contribution in [1.29, 1.82) is 0 Å². The van der Waals surface area contributed by atoms with Crippen LogP contribution in [0.25, 0.3) is 0 Å². The van der Waals surface area contributed by atoms with Crippen LogP contribution < -0.4 is 11.5 Å². The molecule has 0 saturated carbocycles. The summed E-state index contributed by atoms with van der Waals surface area (Å²) in [5.41, 5.74) is 9.87. The summed E-state index contributed by atoms with van der Waals surface area (Å²) in [6, 6.07) is 0. The van der Waals surface area contributed by atoms with E-state index < -0.39 is 11.6 Å². The van der Waals surface area contributed by atoms with Gasteiger partial charge in [-0.15, -0.1) is 0 Å². The van der Waals surface area contributed by atoms with E-state index in [1.165, 1.54) is 0 Å². The Bertz CT molecular complexity index is 304. The van der Waals surface area contributed by atoms with Gasteiger partial charge in [0.05, 0.1) is 5.70 Å². The number of nitrogens with two attached hydrogens (primary N) is 2. The molecule has 4 N–H and O–H groups in total. The van der Waals surface area contributed by atoms with Crippen LogP contribution in [-0.4, -0.2) is 11.6 Å². The van der Waals surface area contributed by atoms with Gasteiger partial charge in [0, 0.05) is 6.08 Å². The van der Waals surface area contributed by atoms with Crippen molar-refractivity contribution < 1.29 is 9.59 Å². The largest absolute Gasteiger partial charge is 0.395 e. The number of halogens is 1. The van der Waals surface area contributed by atoms with E-state index in [2.05, 4.69) is 0 Å². The number of allylic oxidation sites excluding steroid dienone is 2. The average molecular weight is 173 g/mol. The standard InChI is InChI=1S/C6H5ClN2O2/c7-4-5(9)3(10)1-2(8)6(4)11/h1H,8-9H2. The zero-order valence-corrected chi connectivity index (χ0v) is 6.18. The molecule has 5 heteroatoms. The van der Waals surface area contributed by atoms with Gasteiger partial charge in [-0.1, -0.05) is 11.6 Å². The second kappa shape index (κ2) is 2.39. The fourth-order valence-electron chi connectivity index (χ4n) is 0.642. The molecule has 0 unspecified atom stereocenters. The molecule has 4 nitrogen and oxygen atoms in total. The summed E-state index contributed by atoms with van der Waals surface area (Å²) in [6.45, 7) is 0. The van der Waals surface area contributed by atoms with Crippen molar-refractivity contribution in [1.82, 2.24) is 0 Å². The molecule has 0 heterocycles. The lowest BCUT2D eigenvalue weighted by Crippen LogP contribution is -2.25. The third kappa shape index (κ3) is 1.12. The molecule has 0 spiro atoms. The van der Waals surface area contributed by atoms with E-state index in [1.54, 1.807) is 0 Å². The van der Waals surface area contributed by atoms with E-state index in [0.717, 1.165) is 6.08 Å². The smallest absolute Gasteiger partial charge is 0.222 e. The molecular formula is C6H5ClN2O2. The van der Waals surface area contributed by atoms with Crippen molar-refractivity contribution in [2.45, 2.75) is 0 Å². The molecule has 0 atom stereocenters. The molecule has 1 rings (SSSR count). The summed E-state index contributed by atoms with van der Waals surface area (Å²) in [7, 11) is 0. The highest BCUT2D eigenvalue weighted by Gasteiger charge is 2.23. The highest BCUT2D eigenvalue weighted by molar-refractivity contribution is 6.48. The zero-order valence-electron chi connectivity index (χ0n) is 5.43. The summed E-state index contributed by atoms with van der Waals surface area (Å²) < 4.78 is 0. The molecule has 0 fully saturated rings. The van der Waals surface area contributed by atoms with Gasteiger partial charge in [-0.3, -0.25) is 9.59 Å². The minimum Gasteiger partial charge on any atom is -0.395 e. The topological polar surface area (TPSA) is 86.2 Å². The van der Waals surface area contributed by atoms with Crippen LogP contribution in [0.5, 0.6) is 0 Å². The summed E-state index contributed by atoms with van der Waals surface area (Å²) in [6.07, 6.45) is 0.962. The number of carbonyl (C=O) groups excluding carboxylic acids is 2. The van der Waals surface area contributed by atoms with Crippen LogP contribution in [0.3, 0.4) is 0 Å². The molecule has 0 radical (unpaired) electrons. The van der Waals surface area contributed by atoms with Crippen molar-refractivity contribution >= 4 is 23.2 Å². The van der Waals surface area contributed by atoms with Crippen molar-refractivity contribution in [2.24, 2.45) is 11.5 Å². The Labute approximate surface area is 67.5 Å². The molecule has 1 aliphatic rings. The van der Waals surface area contributed by atoms with Crippen LogP contribution in [0.2, 0.25) is 0 Å². The van der Waals surface area contributed by atoms with Crippen molar-refractivity contribution in [3.8, 4) is 0 Å². The Balaban J connectivity index is 3.19. The summed E-state index contributed by atoms with van der Waals surface area (Å²) in [5, 5.41) is -0.296. The average Bonchev–Trinajstić information content (AvgIpc) is 1.97. The van der Waals surface area contributed by atoms with Crippen LogP contribution in [0.4, 0.5) is 0 Å². The quantitative estimate of drug-likeness (QED) is 0.478. The van der Waals surface area contributed by atoms with Crippen LogP contribution in [-0.2, 0) is 9.59 Å². The Morgan fingerprint density at radius 3 is 2.36 bits per heavy atom. The molecule has 0 aromatic carbocycles. The third-order valence-electron chi connectivity index (χ3n) is 1.25. The first-order chi connectivity index (χ1) is 5.04. The zero-order chi connectivity index (χ0) is 8.59. The number of hydrogen-bond donors (Lipinski definition) is 2. The summed E-state index contributed by atoms with van der Waals surface area (Å²) in [4.78, 5) is 21.7. The number of hydrogen-bond acceptors (Lipinski definition) is 4. The van der Waals surface area contributed by atoms with Crippen LogP contribution in [0.1, 0.15) is 0 Å². The van der Waals surface area contributed by atoms with E-state index in [-0.39, 0.29) is 16.4 Å². The summed E-state index contributed by atoms with van der Waals surface area (Å²) >= 11 is 5.37. The number of rotatable bonds is 0. The lowest BCUT2D eigenvalue weighted by Gasteiger charge is -2.07. The molecule has 0 bridgehead atoms. The minimum absolute atomic E-state index is 0.172. The van der Waals surface area contributed by atoms with Gasteiger partial charge in [-0.05, 0) is 0 Å². The predicted molar refractivity (Wildman–Crippen MR) is 39.4 cm³/mol. The lowest BCUT2D eigenvalue weighted by molar-refractivity contribution is -0.115. The first-order valence-electron chi connectivity index (χ1n) is 2.75. The second-order valence-corrected chi connectivity index (χ2v) is 2.40. The molecule has 0 aromatic rings. The van der Waals surface area contributed by atoms with E-state index in [0.29, 0.717) is 0 Å². The fraction of sp³-hybridized carbons (Fsp3) is 0. The Morgan fingerprint density at radius 2 is 1.82 bits per heavy atom. The van der Waals surface area contributed by atoms with Gasteiger partial charge in [-0.25, -0.2) is 0 Å². The van der Waals surface area contributed by atoms with E-state index in [4.69, 9.17) is 23.1 Å². The third-order valence-corrected chi connectivity index (χ3v) is 1.63. The van der Waals surface area contributed by atoms with E-state index >= 15 is 0 Å². The highest BCUT2D eigenvalue weighted by atomic mass is 35.5. The van der Waals surface area contributed by atoms with Crippen LogP contribution in [0, 0.1) is 0 Å². The number of carbonyl (C=O) groups is 2. The molecule has 58 valence electrons. The maximum atomic E-state index is 10.9. The molecule has 0 amide bonds. The number of ketones is 2. The van der Waals surface area contributed by atoms with E-state index in [1.807, 2.05) is 0 Å². The van der Waals surface area contributed by atoms with Crippen molar-refractivity contribution in [3.63, 3.8) is 0 Å². The molecular weight excluding hydrogens is 168 g/mol. The van der Waals surface area contributed by atoms with Crippen LogP contribution >= 0.6 is 11.6 Å².